The maximum Gasteiger partial charge on any atom is 0.255 e. The average Bonchev–Trinajstić information content (AvgIpc) is 3.14. The minimum absolute atomic E-state index is 0.229. The zero-order chi connectivity index (χ0) is 21.1. The molecule has 0 aliphatic rings. The Balaban J connectivity index is 1.46. The van der Waals surface area contributed by atoms with Crippen LogP contribution in [0.2, 0.25) is 0 Å². The van der Waals surface area contributed by atoms with Crippen LogP contribution >= 0.6 is 0 Å². The van der Waals surface area contributed by atoms with Crippen molar-refractivity contribution in [2.75, 3.05) is 12.4 Å². The van der Waals surface area contributed by atoms with Crippen molar-refractivity contribution in [3.05, 3.63) is 89.4 Å². The van der Waals surface area contributed by atoms with Crippen LogP contribution in [-0.2, 0) is 6.61 Å². The first-order valence-corrected chi connectivity index (χ1v) is 9.65. The Morgan fingerprint density at radius 2 is 1.87 bits per heavy atom. The number of nitrogens with one attached hydrogen (secondary N) is 1. The highest BCUT2D eigenvalue weighted by Crippen LogP contribution is 2.26. The van der Waals surface area contributed by atoms with Crippen LogP contribution in [0.4, 0.5) is 5.69 Å². The number of ether oxygens (including phenoxy) is 2. The Morgan fingerprint density at radius 1 is 1.03 bits per heavy atom. The van der Waals surface area contributed by atoms with Crippen LogP contribution in [0.1, 0.15) is 27.2 Å². The number of rotatable bonds is 6. The van der Waals surface area contributed by atoms with E-state index in [1.54, 1.807) is 25.3 Å². The predicted molar refractivity (Wildman–Crippen MR) is 116 cm³/mol. The van der Waals surface area contributed by atoms with Gasteiger partial charge >= 0.3 is 0 Å². The molecule has 6 heteroatoms. The van der Waals surface area contributed by atoms with Gasteiger partial charge in [-0.3, -0.25) is 4.79 Å². The number of hydrogen-bond donors (Lipinski definition) is 1. The number of methoxy groups -OCH3 is 1. The van der Waals surface area contributed by atoms with Gasteiger partial charge in [0, 0.05) is 18.0 Å². The lowest BCUT2D eigenvalue weighted by Gasteiger charge is -2.12. The number of amides is 1. The molecule has 1 amide bonds. The summed E-state index contributed by atoms with van der Waals surface area (Å²) in [5.41, 5.74) is 5.03. The summed E-state index contributed by atoms with van der Waals surface area (Å²) in [6.07, 6.45) is 3.97. The van der Waals surface area contributed by atoms with E-state index in [4.69, 9.17) is 9.47 Å². The summed E-state index contributed by atoms with van der Waals surface area (Å²) < 4.78 is 13.2. The zero-order valence-corrected chi connectivity index (χ0v) is 17.2. The van der Waals surface area contributed by atoms with E-state index < -0.39 is 0 Å². The highest BCUT2D eigenvalue weighted by Gasteiger charge is 2.11. The number of imidazole rings is 1. The summed E-state index contributed by atoms with van der Waals surface area (Å²) in [7, 11) is 1.58. The van der Waals surface area contributed by atoms with Crippen LogP contribution in [0.25, 0.3) is 5.65 Å². The first-order valence-electron chi connectivity index (χ1n) is 9.65. The number of pyridine rings is 1. The van der Waals surface area contributed by atoms with Gasteiger partial charge in [0.05, 0.1) is 18.5 Å². The van der Waals surface area contributed by atoms with Crippen molar-refractivity contribution in [3.63, 3.8) is 0 Å². The Kier molecular flexibility index (Phi) is 5.39. The van der Waals surface area contributed by atoms with Gasteiger partial charge in [0.1, 0.15) is 23.8 Å². The van der Waals surface area contributed by atoms with E-state index in [9.17, 15) is 4.79 Å². The molecule has 2 heterocycles. The molecule has 6 nitrogen and oxygen atoms in total. The van der Waals surface area contributed by atoms with Crippen molar-refractivity contribution < 1.29 is 14.3 Å². The van der Waals surface area contributed by atoms with Crippen LogP contribution in [0.5, 0.6) is 11.5 Å². The van der Waals surface area contributed by atoms with E-state index in [1.165, 1.54) is 0 Å². The van der Waals surface area contributed by atoms with Gasteiger partial charge in [0.2, 0.25) is 0 Å². The summed E-state index contributed by atoms with van der Waals surface area (Å²) >= 11 is 0. The lowest BCUT2D eigenvalue weighted by atomic mass is 10.1. The van der Waals surface area contributed by atoms with Crippen LogP contribution in [0.15, 0.2) is 67.0 Å². The normalized spacial score (nSPS) is 10.8. The van der Waals surface area contributed by atoms with Crippen molar-refractivity contribution in [2.45, 2.75) is 20.5 Å². The SMILES string of the molecule is COc1ccc(C)cc1NC(=O)c1cccc(OCc2cn3cc(C)ccc3n2)c1. The van der Waals surface area contributed by atoms with Crippen molar-refractivity contribution in [2.24, 2.45) is 0 Å². The molecule has 2 aromatic heterocycles. The van der Waals surface area contributed by atoms with Crippen LogP contribution < -0.4 is 14.8 Å². The second kappa shape index (κ2) is 8.29. The molecule has 4 rings (SSSR count). The number of nitrogens with zero attached hydrogens (tertiary/aromatic N) is 2. The van der Waals surface area contributed by atoms with E-state index in [2.05, 4.69) is 10.3 Å². The maximum atomic E-state index is 12.7. The Morgan fingerprint density at radius 3 is 2.70 bits per heavy atom. The molecule has 0 fully saturated rings. The predicted octanol–water partition coefficient (Wildman–Crippen LogP) is 4.79. The number of carbonyl (C=O) groups is 1. The monoisotopic (exact) mass is 401 g/mol. The average molecular weight is 401 g/mol. The standard InChI is InChI=1S/C24H23N3O3/c1-16-7-9-22(29-3)21(11-16)26-24(28)18-5-4-6-20(12-18)30-15-19-14-27-13-17(2)8-10-23(27)25-19/h4-14H,15H2,1-3H3,(H,26,28). The van der Waals surface area contributed by atoms with Gasteiger partial charge in [0.15, 0.2) is 0 Å². The molecule has 4 aromatic rings. The van der Waals surface area contributed by atoms with Gasteiger partial charge < -0.3 is 19.2 Å². The van der Waals surface area contributed by atoms with E-state index >= 15 is 0 Å². The molecule has 0 aliphatic heterocycles. The third-order valence-corrected chi connectivity index (χ3v) is 4.73. The van der Waals surface area contributed by atoms with E-state index in [0.717, 1.165) is 22.5 Å². The number of carbonyl (C=O) groups excluding carboxylic acids is 1. The molecular weight excluding hydrogens is 378 g/mol. The Bertz CT molecular complexity index is 1210. The van der Waals surface area contributed by atoms with Gasteiger partial charge in [-0.1, -0.05) is 18.2 Å². The highest BCUT2D eigenvalue weighted by molar-refractivity contribution is 6.05. The highest BCUT2D eigenvalue weighted by atomic mass is 16.5. The smallest absolute Gasteiger partial charge is 0.255 e. The lowest BCUT2D eigenvalue weighted by Crippen LogP contribution is -2.13. The molecule has 1 N–H and O–H groups in total. The second-order valence-electron chi connectivity index (χ2n) is 7.18. The molecule has 152 valence electrons. The van der Waals surface area contributed by atoms with Crippen LogP contribution in [0, 0.1) is 13.8 Å². The van der Waals surface area contributed by atoms with E-state index in [1.807, 2.05) is 67.0 Å². The molecule has 0 unspecified atom stereocenters. The molecule has 0 bridgehead atoms. The van der Waals surface area contributed by atoms with E-state index in [-0.39, 0.29) is 5.91 Å². The van der Waals surface area contributed by atoms with Crippen molar-refractivity contribution in [1.29, 1.82) is 0 Å². The summed E-state index contributed by atoms with van der Waals surface area (Å²) in [6, 6.07) is 16.7. The summed E-state index contributed by atoms with van der Waals surface area (Å²) in [6.45, 7) is 4.32. The Hall–Kier alpha value is -3.80. The lowest BCUT2D eigenvalue weighted by molar-refractivity contribution is 0.102. The molecule has 0 saturated carbocycles. The summed E-state index contributed by atoms with van der Waals surface area (Å²) in [5, 5.41) is 2.91. The van der Waals surface area contributed by atoms with Crippen molar-refractivity contribution in [1.82, 2.24) is 9.38 Å². The van der Waals surface area contributed by atoms with Gasteiger partial charge in [-0.2, -0.15) is 0 Å². The molecule has 0 aliphatic carbocycles. The van der Waals surface area contributed by atoms with Crippen LogP contribution in [0.3, 0.4) is 0 Å². The largest absolute Gasteiger partial charge is 0.495 e. The maximum absolute atomic E-state index is 12.7. The van der Waals surface area contributed by atoms with E-state index in [0.29, 0.717) is 29.4 Å². The fraction of sp³-hybridized carbons (Fsp3) is 0.167. The number of anilines is 1. The first-order chi connectivity index (χ1) is 14.5. The third kappa shape index (κ3) is 4.27. The quantitative estimate of drug-likeness (QED) is 0.504. The summed E-state index contributed by atoms with van der Waals surface area (Å²) in [4.78, 5) is 17.3. The zero-order valence-electron chi connectivity index (χ0n) is 17.2. The molecule has 0 saturated heterocycles. The number of hydrogen-bond acceptors (Lipinski definition) is 4. The topological polar surface area (TPSA) is 64.9 Å². The molecule has 30 heavy (non-hydrogen) atoms. The first kappa shape index (κ1) is 19.5. The molecular formula is C24H23N3O3. The molecule has 2 aromatic carbocycles. The van der Waals surface area contributed by atoms with Crippen molar-refractivity contribution >= 4 is 17.2 Å². The molecule has 0 atom stereocenters. The second-order valence-corrected chi connectivity index (χ2v) is 7.18. The number of aromatic nitrogens is 2. The number of benzene rings is 2. The van der Waals surface area contributed by atoms with Crippen molar-refractivity contribution in [3.8, 4) is 11.5 Å². The van der Waals surface area contributed by atoms with Gasteiger partial charge in [0.25, 0.3) is 5.91 Å². The minimum atomic E-state index is -0.229. The minimum Gasteiger partial charge on any atom is -0.495 e. The van der Waals surface area contributed by atoms with Gasteiger partial charge in [-0.05, 0) is 61.4 Å². The summed E-state index contributed by atoms with van der Waals surface area (Å²) in [5.74, 6) is 0.989. The Labute approximate surface area is 175 Å². The fourth-order valence-corrected chi connectivity index (χ4v) is 3.22. The number of fused-ring (bicyclic) bond motifs is 1. The molecule has 0 radical (unpaired) electrons. The van der Waals surface area contributed by atoms with Gasteiger partial charge in [-0.15, -0.1) is 0 Å². The third-order valence-electron chi connectivity index (χ3n) is 4.73. The molecule has 0 spiro atoms. The van der Waals surface area contributed by atoms with Gasteiger partial charge in [-0.25, -0.2) is 4.98 Å². The number of aryl methyl sites for hydroxylation is 2. The van der Waals surface area contributed by atoms with Crippen LogP contribution in [-0.4, -0.2) is 22.4 Å². The fourth-order valence-electron chi connectivity index (χ4n) is 3.22.